The van der Waals surface area contributed by atoms with Crippen LogP contribution in [0.4, 0.5) is 10.9 Å². The molecule has 1 aromatic carbocycles. The summed E-state index contributed by atoms with van der Waals surface area (Å²) in [5.74, 6) is 2.29. The molecule has 1 N–H and O–H groups in total. The van der Waals surface area contributed by atoms with Crippen LogP contribution in [-0.2, 0) is 13.0 Å². The Morgan fingerprint density at radius 2 is 2.04 bits per heavy atom. The molecule has 1 saturated heterocycles. The van der Waals surface area contributed by atoms with Gasteiger partial charge in [0.25, 0.3) is 0 Å². The van der Waals surface area contributed by atoms with Gasteiger partial charge in [-0.3, -0.25) is 4.90 Å². The van der Waals surface area contributed by atoms with Crippen LogP contribution in [0.25, 0.3) is 0 Å². The van der Waals surface area contributed by atoms with Crippen molar-refractivity contribution >= 4 is 22.3 Å². The number of hydrogen-bond donors (Lipinski definition) is 1. The van der Waals surface area contributed by atoms with Crippen LogP contribution < -0.4 is 5.32 Å². The Kier molecular flexibility index (Phi) is 5.98. The van der Waals surface area contributed by atoms with Crippen LogP contribution in [0.1, 0.15) is 34.8 Å². The number of nitrogens with zero attached hydrogens (tertiary/aromatic N) is 4. The topological polar surface area (TPSA) is 53.9 Å². The lowest BCUT2D eigenvalue weighted by Gasteiger charge is -2.32. The maximum absolute atomic E-state index is 4.70. The van der Waals surface area contributed by atoms with Gasteiger partial charge in [-0.2, -0.15) is 0 Å². The molecule has 5 nitrogen and oxygen atoms in total. The van der Waals surface area contributed by atoms with E-state index in [1.54, 1.807) is 11.3 Å². The number of thiazole rings is 1. The summed E-state index contributed by atoms with van der Waals surface area (Å²) in [6.45, 7) is 7.38. The standard InChI is InChI=1S/C22H27N5S/c1-16-13-23-22(28-16)26-21-12-20(24-17(2)25-21)11-19-9-6-10-27(15-19)14-18-7-4-3-5-8-18/h3-5,7-8,12-13,19H,6,9-11,14-15H2,1-2H3,(H,23,24,25,26). The fourth-order valence-corrected chi connectivity index (χ4v) is 4.59. The zero-order chi connectivity index (χ0) is 19.3. The van der Waals surface area contributed by atoms with Crippen molar-refractivity contribution < 1.29 is 0 Å². The highest BCUT2D eigenvalue weighted by Crippen LogP contribution is 2.24. The van der Waals surface area contributed by atoms with Crippen molar-refractivity contribution in [2.75, 3.05) is 18.4 Å². The SMILES string of the molecule is Cc1nc(CC2CCCN(Cc3ccccc3)C2)cc(Nc2ncc(C)s2)n1. The number of likely N-dealkylation sites (tertiary alicyclic amines) is 1. The molecular formula is C22H27N5S. The number of aromatic nitrogens is 3. The number of anilines is 2. The first-order chi connectivity index (χ1) is 13.6. The fourth-order valence-electron chi connectivity index (χ4n) is 3.92. The van der Waals surface area contributed by atoms with E-state index in [9.17, 15) is 0 Å². The second kappa shape index (κ2) is 8.80. The first-order valence-electron chi connectivity index (χ1n) is 9.94. The van der Waals surface area contributed by atoms with Gasteiger partial charge in [0.05, 0.1) is 0 Å². The van der Waals surface area contributed by atoms with E-state index in [0.717, 1.165) is 42.0 Å². The van der Waals surface area contributed by atoms with Gasteiger partial charge in [-0.25, -0.2) is 15.0 Å². The van der Waals surface area contributed by atoms with Gasteiger partial charge in [0.2, 0.25) is 0 Å². The maximum atomic E-state index is 4.70. The summed E-state index contributed by atoms with van der Waals surface area (Å²) in [5.41, 5.74) is 2.51. The normalized spacial score (nSPS) is 17.6. The molecule has 0 amide bonds. The molecule has 3 aromatic rings. The van der Waals surface area contributed by atoms with Crippen molar-refractivity contribution in [3.05, 3.63) is 64.6 Å². The first kappa shape index (κ1) is 19.0. The Labute approximate surface area is 170 Å². The zero-order valence-corrected chi connectivity index (χ0v) is 17.4. The van der Waals surface area contributed by atoms with Crippen LogP contribution in [0.5, 0.6) is 0 Å². The van der Waals surface area contributed by atoms with Crippen LogP contribution in [0.3, 0.4) is 0 Å². The van der Waals surface area contributed by atoms with Crippen LogP contribution >= 0.6 is 11.3 Å². The van der Waals surface area contributed by atoms with Crippen LogP contribution in [0.15, 0.2) is 42.6 Å². The average molecular weight is 394 g/mol. The summed E-state index contributed by atoms with van der Waals surface area (Å²) in [7, 11) is 0. The lowest BCUT2D eigenvalue weighted by Crippen LogP contribution is -2.35. The summed E-state index contributed by atoms with van der Waals surface area (Å²) in [6.07, 6.45) is 5.40. The monoisotopic (exact) mass is 393 g/mol. The molecule has 146 valence electrons. The van der Waals surface area contributed by atoms with Crippen molar-refractivity contribution in [3.63, 3.8) is 0 Å². The molecule has 1 unspecified atom stereocenters. The lowest BCUT2D eigenvalue weighted by atomic mass is 9.93. The average Bonchev–Trinajstić information content (AvgIpc) is 3.07. The molecule has 6 heteroatoms. The molecule has 0 spiro atoms. The van der Waals surface area contributed by atoms with E-state index in [1.807, 2.05) is 13.1 Å². The lowest BCUT2D eigenvalue weighted by molar-refractivity contribution is 0.166. The zero-order valence-electron chi connectivity index (χ0n) is 16.6. The number of piperidine rings is 1. The third kappa shape index (κ3) is 5.14. The van der Waals surface area contributed by atoms with E-state index >= 15 is 0 Å². The summed E-state index contributed by atoms with van der Waals surface area (Å²) < 4.78 is 0. The van der Waals surface area contributed by atoms with Crippen molar-refractivity contribution in [3.8, 4) is 0 Å². The van der Waals surface area contributed by atoms with Gasteiger partial charge in [0, 0.05) is 35.9 Å². The van der Waals surface area contributed by atoms with Gasteiger partial charge in [-0.05, 0) is 51.1 Å². The minimum Gasteiger partial charge on any atom is -0.316 e. The third-order valence-electron chi connectivity index (χ3n) is 5.10. The van der Waals surface area contributed by atoms with E-state index < -0.39 is 0 Å². The minimum atomic E-state index is 0.640. The molecule has 4 rings (SSSR count). The number of hydrogen-bond acceptors (Lipinski definition) is 6. The largest absolute Gasteiger partial charge is 0.316 e. The van der Waals surface area contributed by atoms with Gasteiger partial charge in [0.1, 0.15) is 11.6 Å². The Hall–Kier alpha value is -2.31. The number of aryl methyl sites for hydroxylation is 2. The predicted molar refractivity (Wildman–Crippen MR) is 115 cm³/mol. The van der Waals surface area contributed by atoms with Crippen LogP contribution in [0.2, 0.25) is 0 Å². The highest BCUT2D eigenvalue weighted by Gasteiger charge is 2.21. The molecule has 1 aliphatic heterocycles. The first-order valence-corrected chi connectivity index (χ1v) is 10.8. The summed E-state index contributed by atoms with van der Waals surface area (Å²) >= 11 is 1.64. The molecule has 0 bridgehead atoms. The van der Waals surface area contributed by atoms with E-state index in [4.69, 9.17) is 4.98 Å². The minimum absolute atomic E-state index is 0.640. The number of rotatable bonds is 6. The van der Waals surface area contributed by atoms with Gasteiger partial charge in [-0.1, -0.05) is 30.3 Å². The van der Waals surface area contributed by atoms with Crippen molar-refractivity contribution in [1.29, 1.82) is 0 Å². The van der Waals surface area contributed by atoms with Gasteiger partial charge in [-0.15, -0.1) is 11.3 Å². The van der Waals surface area contributed by atoms with Gasteiger partial charge < -0.3 is 5.32 Å². The molecule has 1 atom stereocenters. The quantitative estimate of drug-likeness (QED) is 0.655. The van der Waals surface area contributed by atoms with E-state index in [1.165, 1.54) is 29.8 Å². The summed E-state index contributed by atoms with van der Waals surface area (Å²) in [6, 6.07) is 12.8. The highest BCUT2D eigenvalue weighted by atomic mass is 32.1. The second-order valence-corrected chi connectivity index (χ2v) is 8.86. The molecule has 3 heterocycles. The molecule has 0 saturated carbocycles. The molecule has 1 aliphatic rings. The summed E-state index contributed by atoms with van der Waals surface area (Å²) in [4.78, 5) is 17.4. The molecule has 1 fully saturated rings. The van der Waals surface area contributed by atoms with E-state index in [0.29, 0.717) is 5.92 Å². The van der Waals surface area contributed by atoms with Crippen LogP contribution in [-0.4, -0.2) is 32.9 Å². The molecule has 0 aliphatic carbocycles. The third-order valence-corrected chi connectivity index (χ3v) is 5.93. The Morgan fingerprint density at radius 3 is 2.82 bits per heavy atom. The van der Waals surface area contributed by atoms with Crippen LogP contribution in [0, 0.1) is 19.8 Å². The Bertz CT molecular complexity index is 908. The van der Waals surface area contributed by atoms with E-state index in [2.05, 4.69) is 63.5 Å². The highest BCUT2D eigenvalue weighted by molar-refractivity contribution is 7.15. The van der Waals surface area contributed by atoms with E-state index in [-0.39, 0.29) is 0 Å². The number of benzene rings is 1. The Morgan fingerprint density at radius 1 is 1.18 bits per heavy atom. The fraction of sp³-hybridized carbons (Fsp3) is 0.409. The Balaban J connectivity index is 1.40. The second-order valence-electron chi connectivity index (χ2n) is 7.63. The number of nitrogens with one attached hydrogen (secondary N) is 1. The van der Waals surface area contributed by atoms with Crippen molar-refractivity contribution in [2.24, 2.45) is 5.92 Å². The maximum Gasteiger partial charge on any atom is 0.188 e. The van der Waals surface area contributed by atoms with Gasteiger partial charge >= 0.3 is 0 Å². The van der Waals surface area contributed by atoms with Crippen molar-refractivity contribution in [1.82, 2.24) is 19.9 Å². The summed E-state index contributed by atoms with van der Waals surface area (Å²) in [5, 5.41) is 4.21. The molecule has 28 heavy (non-hydrogen) atoms. The predicted octanol–water partition coefficient (Wildman–Crippen LogP) is 4.75. The molecular weight excluding hydrogens is 366 g/mol. The van der Waals surface area contributed by atoms with Gasteiger partial charge in [0.15, 0.2) is 5.13 Å². The molecule has 0 radical (unpaired) electrons. The van der Waals surface area contributed by atoms with Crippen molar-refractivity contribution in [2.45, 2.75) is 39.7 Å². The smallest absolute Gasteiger partial charge is 0.188 e. The molecule has 2 aromatic heterocycles.